The highest BCUT2D eigenvalue weighted by molar-refractivity contribution is 9.10. The molecule has 0 saturated carbocycles. The van der Waals surface area contributed by atoms with Gasteiger partial charge in [0.2, 0.25) is 10.0 Å². The first-order valence-electron chi connectivity index (χ1n) is 19.3. The van der Waals surface area contributed by atoms with E-state index in [1.165, 1.54) is 18.2 Å². The molecule has 12 nitrogen and oxygen atoms in total. The van der Waals surface area contributed by atoms with E-state index in [1.807, 2.05) is 136 Å². The first kappa shape index (κ1) is 43.6. The summed E-state index contributed by atoms with van der Waals surface area (Å²) in [4.78, 5) is 25.0. The fraction of sp³-hybridized carbons (Fsp3) is 0.311. The van der Waals surface area contributed by atoms with Gasteiger partial charge in [0.15, 0.2) is 4.90 Å². The van der Waals surface area contributed by atoms with Gasteiger partial charge in [0, 0.05) is 47.5 Å². The lowest BCUT2D eigenvalue weighted by molar-refractivity contribution is -0.387. The number of amides is 1. The van der Waals surface area contributed by atoms with Crippen molar-refractivity contribution in [3.63, 3.8) is 0 Å². The lowest BCUT2D eigenvalue weighted by atomic mass is 9.69. The van der Waals surface area contributed by atoms with Crippen molar-refractivity contribution < 1.29 is 32.7 Å². The molecular weight excluding hydrogens is 836 g/mol. The minimum Gasteiger partial charge on any atom is -0.444 e. The summed E-state index contributed by atoms with van der Waals surface area (Å²) in [6.07, 6.45) is -1.84. The maximum Gasteiger partial charge on any atom is 0.404 e. The number of aliphatic hydroxyl groups is 1. The van der Waals surface area contributed by atoms with Crippen molar-refractivity contribution in [3.8, 4) is 0 Å². The van der Waals surface area contributed by atoms with E-state index in [0.717, 1.165) is 32.8 Å². The number of likely N-dealkylation sites (tertiary alicyclic amines) is 1. The Hall–Kier alpha value is -4.96. The van der Waals surface area contributed by atoms with Gasteiger partial charge in [0.1, 0.15) is 11.7 Å². The summed E-state index contributed by atoms with van der Waals surface area (Å²) in [5, 5.41) is 22.3. The normalized spacial score (nSPS) is 18.4. The van der Waals surface area contributed by atoms with Crippen molar-refractivity contribution >= 4 is 37.7 Å². The molecule has 59 heavy (non-hydrogen) atoms. The molecule has 1 aliphatic heterocycles. The first-order chi connectivity index (χ1) is 28.2. The van der Waals surface area contributed by atoms with Gasteiger partial charge in [0.05, 0.1) is 18.1 Å². The Bertz CT molecular complexity index is 2200. The third-order valence-corrected chi connectivity index (χ3v) is 13.0. The van der Waals surface area contributed by atoms with Crippen LogP contribution in [0.2, 0.25) is 0 Å². The molecule has 1 heterocycles. The number of carbonyl (C=O) groups is 1. The number of nitrogens with zero attached hydrogens (tertiary/aromatic N) is 2. The van der Waals surface area contributed by atoms with E-state index in [2.05, 4.69) is 25.6 Å². The number of ether oxygens (including phenoxy) is 2. The Labute approximate surface area is 353 Å². The molecule has 310 valence electrons. The first-order valence-corrected chi connectivity index (χ1v) is 21.6. The predicted octanol–water partition coefficient (Wildman–Crippen LogP) is 7.74. The number of hydrogen-bond acceptors (Lipinski definition) is 9. The number of nitrogens with one attached hydrogen (secondary N) is 1. The molecule has 5 aromatic carbocycles. The zero-order chi connectivity index (χ0) is 42.4. The third-order valence-electron chi connectivity index (χ3n) is 11.0. The molecule has 0 radical (unpaired) electrons. The zero-order valence-electron chi connectivity index (χ0n) is 33.1. The summed E-state index contributed by atoms with van der Waals surface area (Å²) in [5.74, 6) is -0.342. The van der Waals surface area contributed by atoms with Crippen molar-refractivity contribution in [3.05, 3.63) is 176 Å². The largest absolute Gasteiger partial charge is 0.444 e. The second-order valence-corrected chi connectivity index (χ2v) is 18.3. The average molecular weight is 886 g/mol. The van der Waals surface area contributed by atoms with Gasteiger partial charge in [0.25, 0.3) is 5.69 Å². The molecule has 1 aliphatic rings. The maximum atomic E-state index is 13.9. The molecular formula is C45H49BrN4O8S. The van der Waals surface area contributed by atoms with Gasteiger partial charge in [-0.3, -0.25) is 15.0 Å². The van der Waals surface area contributed by atoms with E-state index < -0.39 is 73.5 Å². The highest BCUT2D eigenvalue weighted by Crippen LogP contribution is 2.49. The lowest BCUT2D eigenvalue weighted by Gasteiger charge is -2.61. The second-order valence-electron chi connectivity index (χ2n) is 15.7. The second kappa shape index (κ2) is 18.5. The van der Waals surface area contributed by atoms with Crippen molar-refractivity contribution in [2.24, 2.45) is 11.1 Å². The van der Waals surface area contributed by atoms with Gasteiger partial charge in [-0.05, 0) is 45.9 Å². The van der Waals surface area contributed by atoms with E-state index in [4.69, 9.17) is 15.2 Å². The van der Waals surface area contributed by atoms with Gasteiger partial charge < -0.3 is 20.3 Å². The van der Waals surface area contributed by atoms with E-state index in [0.29, 0.717) is 0 Å². The number of nitrogens with two attached hydrogens (primary N) is 1. The van der Waals surface area contributed by atoms with Crippen molar-refractivity contribution in [2.75, 3.05) is 19.8 Å². The van der Waals surface area contributed by atoms with Crippen molar-refractivity contribution in [1.29, 1.82) is 0 Å². The van der Waals surface area contributed by atoms with Gasteiger partial charge in [-0.1, -0.05) is 152 Å². The molecule has 1 saturated heterocycles. The van der Waals surface area contributed by atoms with Crippen LogP contribution in [0.3, 0.4) is 0 Å². The van der Waals surface area contributed by atoms with Crippen LogP contribution in [0.1, 0.15) is 55.4 Å². The summed E-state index contributed by atoms with van der Waals surface area (Å²) < 4.78 is 44.3. The molecule has 4 N–H and O–H groups in total. The van der Waals surface area contributed by atoms with Crippen LogP contribution >= 0.6 is 15.9 Å². The molecule has 6 rings (SSSR count). The number of benzene rings is 5. The molecule has 1 amide bonds. The Morgan fingerprint density at radius 2 is 1.36 bits per heavy atom. The van der Waals surface area contributed by atoms with Crippen LogP contribution in [0.15, 0.2) is 149 Å². The van der Waals surface area contributed by atoms with Crippen LogP contribution in [-0.4, -0.2) is 73.4 Å². The van der Waals surface area contributed by atoms with Crippen LogP contribution in [0.4, 0.5) is 10.5 Å². The number of nitro benzene ring substituents is 1. The summed E-state index contributed by atoms with van der Waals surface area (Å²) in [6, 6.07) is 41.6. The average Bonchev–Trinajstić information content (AvgIpc) is 3.22. The fourth-order valence-electron chi connectivity index (χ4n) is 8.37. The topological polar surface area (TPSA) is 174 Å². The summed E-state index contributed by atoms with van der Waals surface area (Å²) in [5.41, 5.74) is 6.91. The van der Waals surface area contributed by atoms with E-state index in [1.54, 1.807) is 0 Å². The summed E-state index contributed by atoms with van der Waals surface area (Å²) in [7, 11) is -4.39. The van der Waals surface area contributed by atoms with Crippen LogP contribution in [-0.2, 0) is 25.1 Å². The van der Waals surface area contributed by atoms with Crippen LogP contribution in [0.5, 0.6) is 0 Å². The van der Waals surface area contributed by atoms with Gasteiger partial charge in [-0.2, -0.15) is 0 Å². The van der Waals surface area contributed by atoms with Gasteiger partial charge in [-0.25, -0.2) is 17.9 Å². The van der Waals surface area contributed by atoms with Gasteiger partial charge >= 0.3 is 6.09 Å². The number of sulfonamides is 1. The highest BCUT2D eigenvalue weighted by Gasteiger charge is 2.55. The maximum absolute atomic E-state index is 13.9. The fourth-order valence-corrected chi connectivity index (χ4v) is 9.85. The zero-order valence-corrected chi connectivity index (χ0v) is 35.5. The number of hydrogen-bond donors (Lipinski definition) is 3. The van der Waals surface area contributed by atoms with Crippen LogP contribution in [0, 0.1) is 15.5 Å². The van der Waals surface area contributed by atoms with E-state index >= 15 is 0 Å². The monoisotopic (exact) mass is 884 g/mol. The number of rotatable bonds is 17. The Morgan fingerprint density at radius 3 is 1.83 bits per heavy atom. The summed E-state index contributed by atoms with van der Waals surface area (Å²) >= 11 is 3.56. The molecule has 1 fully saturated rings. The SMILES string of the molecule is CC(C)(C)C(CC(CO)OC(N)=O)N1[C@H](COC(c2ccccc2)(c2ccccc2)c2ccccc2)[C@H](c2ccc(Br)cc2)[C@@H]1CNS(=O)(=O)c1ccccc1[N+](=O)[O-]. The molecule has 0 bridgehead atoms. The standard InChI is InChI=1S/C45H49BrN4O8S/c1-44(2,3)41(27-36(29-51)58-43(47)52)49-38(28-48-59(55,56)40-22-14-13-21-37(40)50(53)54)42(31-23-25-35(46)26-24-31)39(49)30-57-45(32-15-7-4-8-16-32,33-17-9-5-10-18-33)34-19-11-6-12-20-34/h4-26,36,38-39,41-42,48,51H,27-30H2,1-3H3,(H2,47,52)/t36?,38-,39+,41?,42+/m0/s1. The highest BCUT2D eigenvalue weighted by atomic mass is 79.9. The number of primary amides is 1. The number of carbonyl (C=O) groups excluding carboxylic acids is 1. The number of para-hydroxylation sites is 1. The minimum absolute atomic E-state index is 0.139. The molecule has 0 aliphatic carbocycles. The van der Waals surface area contributed by atoms with Gasteiger partial charge in [-0.15, -0.1) is 0 Å². The van der Waals surface area contributed by atoms with Crippen molar-refractivity contribution in [1.82, 2.24) is 9.62 Å². The van der Waals surface area contributed by atoms with E-state index in [-0.39, 0.29) is 25.5 Å². The summed E-state index contributed by atoms with van der Waals surface area (Å²) in [6.45, 7) is 5.59. The molecule has 14 heteroatoms. The van der Waals surface area contributed by atoms with E-state index in [9.17, 15) is 28.4 Å². The Kier molecular flexibility index (Phi) is 13.7. The molecule has 2 unspecified atom stereocenters. The molecule has 5 atom stereocenters. The van der Waals surface area contributed by atoms with Crippen molar-refractivity contribution in [2.45, 2.75) is 67.8 Å². The smallest absolute Gasteiger partial charge is 0.404 e. The Balaban J connectivity index is 1.50. The Morgan fingerprint density at radius 1 is 0.847 bits per heavy atom. The van der Waals surface area contributed by atoms with Crippen LogP contribution < -0.4 is 10.5 Å². The molecule has 5 aromatic rings. The number of nitro groups is 1. The number of aliphatic hydroxyl groups excluding tert-OH is 1. The molecule has 0 spiro atoms. The lowest BCUT2D eigenvalue weighted by Crippen LogP contribution is -2.72. The predicted molar refractivity (Wildman–Crippen MR) is 229 cm³/mol. The quantitative estimate of drug-likeness (QED) is 0.0480. The third kappa shape index (κ3) is 9.59. The molecule has 0 aromatic heterocycles. The van der Waals surface area contributed by atoms with Crippen LogP contribution in [0.25, 0.3) is 0 Å². The number of halogens is 1. The minimum atomic E-state index is -4.39.